The van der Waals surface area contributed by atoms with Crippen molar-refractivity contribution in [3.8, 4) is 101 Å². The second-order valence-electron chi connectivity index (χ2n) is 21.4. The molecule has 0 saturated carbocycles. The van der Waals surface area contributed by atoms with Gasteiger partial charge in [0.15, 0.2) is 11.6 Å². The minimum absolute atomic E-state index is 0.720. The lowest BCUT2D eigenvalue weighted by Crippen LogP contribution is -1.96. The molecule has 4 heterocycles. The van der Waals surface area contributed by atoms with Gasteiger partial charge in [-0.05, 0) is 89.0 Å². The first-order valence-corrected chi connectivity index (χ1v) is 29.0. The fraction of sp³-hybridized carbons (Fsp3) is 0. The maximum Gasteiger partial charge on any atom is 0.160 e. The molecule has 0 N–H and O–H groups in total. The molecule has 0 fully saturated rings. The van der Waals surface area contributed by atoms with Gasteiger partial charge in [0.05, 0.1) is 44.8 Å². The minimum Gasteiger partial charge on any atom is -0.309 e. The summed E-state index contributed by atoms with van der Waals surface area (Å²) in [5, 5.41) is 5.08. The molecule has 0 bridgehead atoms. The Bertz CT molecular complexity index is 4830. The normalized spacial score (nSPS) is 11.3. The predicted molar refractivity (Wildman–Crippen MR) is 356 cm³/mol. The van der Waals surface area contributed by atoms with Crippen LogP contribution in [0.15, 0.2) is 328 Å². The maximum absolute atomic E-state index is 5.03. The summed E-state index contributed by atoms with van der Waals surface area (Å²) in [5.74, 6) is 1.44. The Morgan fingerprint density at radius 2 is 0.430 bits per heavy atom. The average Bonchev–Trinajstić information content (AvgIpc) is 4.33. The van der Waals surface area contributed by atoms with E-state index < -0.39 is 0 Å². The highest BCUT2D eigenvalue weighted by atomic mass is 15.0. The van der Waals surface area contributed by atoms with Crippen LogP contribution in [-0.4, -0.2) is 29.1 Å². The maximum atomic E-state index is 5.03. The van der Waals surface area contributed by atoms with Gasteiger partial charge in [0.2, 0.25) is 0 Å². The minimum atomic E-state index is 0.720. The number of rotatable bonds is 10. The lowest BCUT2D eigenvalue weighted by atomic mass is 10.0. The lowest BCUT2D eigenvalue weighted by Gasteiger charge is -2.11. The zero-order valence-corrected chi connectivity index (χ0v) is 46.9. The monoisotopic (exact) mass is 1100 g/mol. The van der Waals surface area contributed by atoms with Gasteiger partial charge in [0.1, 0.15) is 0 Å². The van der Waals surface area contributed by atoms with Crippen LogP contribution in [0.4, 0.5) is 0 Å². The average molecular weight is 1100 g/mol. The van der Waals surface area contributed by atoms with E-state index in [0.29, 0.717) is 0 Å². The summed E-state index contributed by atoms with van der Waals surface area (Å²) in [6, 6.07) is 115. The van der Waals surface area contributed by atoms with Crippen molar-refractivity contribution in [2.75, 3.05) is 0 Å². The third-order valence-corrected chi connectivity index (χ3v) is 16.1. The molecule has 0 amide bonds. The van der Waals surface area contributed by atoms with E-state index in [1.165, 1.54) is 49.2 Å². The number of nitrogens with zero attached hydrogens (tertiary/aromatic N) is 6. The summed E-state index contributed by atoms with van der Waals surface area (Å²) < 4.78 is 4.70. The smallest absolute Gasteiger partial charge is 0.160 e. The third kappa shape index (κ3) is 9.97. The molecule has 404 valence electrons. The van der Waals surface area contributed by atoms with Gasteiger partial charge < -0.3 is 9.13 Å². The zero-order chi connectivity index (χ0) is 57.2. The van der Waals surface area contributed by atoms with Crippen LogP contribution in [0, 0.1) is 0 Å². The molecule has 0 radical (unpaired) electrons. The Morgan fingerprint density at radius 1 is 0.174 bits per heavy atom. The summed E-state index contributed by atoms with van der Waals surface area (Å²) in [4.78, 5) is 19.9. The van der Waals surface area contributed by atoms with Crippen LogP contribution in [0.25, 0.3) is 145 Å². The second-order valence-corrected chi connectivity index (χ2v) is 21.4. The standard InChI is InChI=1S/2C40H27N3/c1-3-12-29(13-4-1)36-27-37(42-40(41-36)30-14-5-2-6-15-30)32-17-11-16-31(26-32)28-22-24-33(25-23-28)43-38-20-9-7-18-34(38)35-19-8-10-21-39(35)43;1-3-11-30(12-4-1)36-27-37(42-40(41-36)32-13-5-2-6-14-32)31-21-19-28(20-22-31)29-23-25-33(26-24-29)43-38-17-9-7-15-34(38)35-16-8-10-18-39(35)43/h2*1-27H. The number of hydrogen-bond donors (Lipinski definition) is 0. The van der Waals surface area contributed by atoms with Crippen LogP contribution >= 0.6 is 0 Å². The second kappa shape index (κ2) is 22.6. The van der Waals surface area contributed by atoms with Gasteiger partial charge in [-0.3, -0.25) is 0 Å². The van der Waals surface area contributed by atoms with Crippen LogP contribution in [0.3, 0.4) is 0 Å². The topological polar surface area (TPSA) is 61.4 Å². The SMILES string of the molecule is c1ccc(-c2cc(-c3ccc(-c4ccc(-n5c6ccccc6c6ccccc65)cc4)cc3)nc(-c3ccccc3)n2)cc1.c1ccc(-c2cc(-c3cccc(-c4ccc(-n5c6ccccc6c6ccccc65)cc4)c3)nc(-c3ccccc3)n2)cc1. The molecule has 0 saturated heterocycles. The van der Waals surface area contributed by atoms with E-state index in [-0.39, 0.29) is 0 Å². The molecule has 0 unspecified atom stereocenters. The van der Waals surface area contributed by atoms with Crippen molar-refractivity contribution in [1.29, 1.82) is 0 Å². The first-order valence-electron chi connectivity index (χ1n) is 29.0. The number of hydrogen-bond acceptors (Lipinski definition) is 4. The Labute approximate surface area is 499 Å². The molecule has 0 aliphatic carbocycles. The Hall–Kier alpha value is -11.6. The molecule has 16 aromatic rings. The van der Waals surface area contributed by atoms with Gasteiger partial charge in [0, 0.05) is 66.3 Å². The van der Waals surface area contributed by atoms with Crippen molar-refractivity contribution in [3.05, 3.63) is 328 Å². The highest BCUT2D eigenvalue weighted by Crippen LogP contribution is 2.37. The van der Waals surface area contributed by atoms with E-state index in [0.717, 1.165) is 95.9 Å². The van der Waals surface area contributed by atoms with E-state index in [2.05, 4.69) is 264 Å². The van der Waals surface area contributed by atoms with Gasteiger partial charge in [0.25, 0.3) is 0 Å². The molecular formula is C80H54N6. The van der Waals surface area contributed by atoms with E-state index in [1.807, 2.05) is 72.8 Å². The number of fused-ring (bicyclic) bond motifs is 6. The van der Waals surface area contributed by atoms with Crippen molar-refractivity contribution in [2.45, 2.75) is 0 Å². The molecule has 12 aromatic carbocycles. The molecule has 0 aliphatic heterocycles. The molecule has 4 aromatic heterocycles. The summed E-state index contributed by atoms with van der Waals surface area (Å²) in [7, 11) is 0. The van der Waals surface area contributed by atoms with Crippen LogP contribution in [0.5, 0.6) is 0 Å². The Morgan fingerprint density at radius 3 is 0.802 bits per heavy atom. The van der Waals surface area contributed by atoms with Crippen molar-refractivity contribution in [3.63, 3.8) is 0 Å². The van der Waals surface area contributed by atoms with Gasteiger partial charge in [-0.25, -0.2) is 19.9 Å². The molecule has 6 heteroatoms. The molecule has 0 atom stereocenters. The van der Waals surface area contributed by atoms with Gasteiger partial charge in [-0.15, -0.1) is 0 Å². The highest BCUT2D eigenvalue weighted by Gasteiger charge is 2.16. The Balaban J connectivity index is 0.000000145. The largest absolute Gasteiger partial charge is 0.309 e. The predicted octanol–water partition coefficient (Wildman–Crippen LogP) is 20.5. The fourth-order valence-electron chi connectivity index (χ4n) is 11.8. The quantitative estimate of drug-likeness (QED) is 0.137. The van der Waals surface area contributed by atoms with Crippen LogP contribution in [0.1, 0.15) is 0 Å². The van der Waals surface area contributed by atoms with E-state index in [9.17, 15) is 0 Å². The summed E-state index contributed by atoms with van der Waals surface area (Å²) >= 11 is 0. The van der Waals surface area contributed by atoms with Crippen molar-refractivity contribution in [2.24, 2.45) is 0 Å². The molecule has 86 heavy (non-hydrogen) atoms. The van der Waals surface area contributed by atoms with Gasteiger partial charge >= 0.3 is 0 Å². The lowest BCUT2D eigenvalue weighted by molar-refractivity contribution is 1.18. The van der Waals surface area contributed by atoms with Crippen LogP contribution in [-0.2, 0) is 0 Å². The number of benzene rings is 12. The van der Waals surface area contributed by atoms with Crippen molar-refractivity contribution in [1.82, 2.24) is 29.1 Å². The molecule has 0 spiro atoms. The molecule has 16 rings (SSSR count). The van der Waals surface area contributed by atoms with Crippen LogP contribution in [0.2, 0.25) is 0 Å². The zero-order valence-electron chi connectivity index (χ0n) is 46.9. The fourth-order valence-corrected chi connectivity index (χ4v) is 11.8. The summed E-state index contributed by atoms with van der Waals surface area (Å²) in [5.41, 5.74) is 21.7. The number of para-hydroxylation sites is 4. The van der Waals surface area contributed by atoms with E-state index in [1.54, 1.807) is 0 Å². The third-order valence-electron chi connectivity index (χ3n) is 16.1. The molecule has 6 nitrogen and oxygen atoms in total. The summed E-state index contributed by atoms with van der Waals surface area (Å²) in [6.45, 7) is 0. The van der Waals surface area contributed by atoms with Crippen LogP contribution < -0.4 is 0 Å². The van der Waals surface area contributed by atoms with E-state index in [4.69, 9.17) is 19.9 Å². The first kappa shape index (κ1) is 51.3. The highest BCUT2D eigenvalue weighted by molar-refractivity contribution is 6.10. The summed E-state index contributed by atoms with van der Waals surface area (Å²) in [6.07, 6.45) is 0. The molecule has 0 aliphatic rings. The van der Waals surface area contributed by atoms with Crippen molar-refractivity contribution >= 4 is 43.6 Å². The van der Waals surface area contributed by atoms with Gasteiger partial charge in [-0.1, -0.05) is 261 Å². The number of aromatic nitrogens is 6. The first-order chi connectivity index (χ1) is 42.6. The molecular weight excluding hydrogens is 1040 g/mol. The van der Waals surface area contributed by atoms with Crippen molar-refractivity contribution < 1.29 is 0 Å². The Kier molecular flexibility index (Phi) is 13.5. The van der Waals surface area contributed by atoms with E-state index >= 15 is 0 Å². The van der Waals surface area contributed by atoms with Gasteiger partial charge in [-0.2, -0.15) is 0 Å².